The van der Waals surface area contributed by atoms with Gasteiger partial charge in [0.1, 0.15) is 17.5 Å². The highest BCUT2D eigenvalue weighted by Gasteiger charge is 2.45. The Kier molecular flexibility index (Phi) is 3.07. The Labute approximate surface area is 124 Å². The van der Waals surface area contributed by atoms with Crippen LogP contribution in [0.15, 0.2) is 34.9 Å². The van der Waals surface area contributed by atoms with Gasteiger partial charge < -0.3 is 5.73 Å². The van der Waals surface area contributed by atoms with E-state index in [1.807, 2.05) is 30.3 Å². The number of hydrogen-bond acceptors (Lipinski definition) is 4. The largest absolute Gasteiger partial charge is 0.382 e. The lowest BCUT2D eigenvalue weighted by Gasteiger charge is -2.03. The molecule has 1 aliphatic rings. The number of nitrogen functional groups attached to an aromatic ring is 1. The number of anilines is 1. The molecule has 1 saturated carbocycles. The van der Waals surface area contributed by atoms with Gasteiger partial charge in [-0.15, -0.1) is 0 Å². The van der Waals surface area contributed by atoms with Crippen LogP contribution in [0.3, 0.4) is 0 Å². The molecule has 5 nitrogen and oxygen atoms in total. The van der Waals surface area contributed by atoms with Crippen LogP contribution in [-0.4, -0.2) is 15.7 Å². The lowest BCUT2D eigenvalue weighted by molar-refractivity contribution is 0.0870. The summed E-state index contributed by atoms with van der Waals surface area (Å²) in [6, 6.07) is 9.85. The fraction of sp³-hybridized carbons (Fsp3) is 0.214. The Morgan fingerprint density at radius 2 is 2.35 bits per heavy atom. The molecule has 1 aliphatic carbocycles. The summed E-state index contributed by atoms with van der Waals surface area (Å²) in [6.45, 7) is 0. The fourth-order valence-electron chi connectivity index (χ4n) is 2.35. The van der Waals surface area contributed by atoms with Gasteiger partial charge in [0, 0.05) is 10.4 Å². The average molecular weight is 331 g/mol. The SMILES string of the molecule is N#Cc1cnn(C(=O)C2CC2c2cccc(Br)c2)c1N. The second kappa shape index (κ2) is 4.76. The summed E-state index contributed by atoms with van der Waals surface area (Å²) in [6.07, 6.45) is 2.11. The van der Waals surface area contributed by atoms with Gasteiger partial charge in [0.15, 0.2) is 0 Å². The van der Waals surface area contributed by atoms with Crippen molar-refractivity contribution < 1.29 is 4.79 Å². The van der Waals surface area contributed by atoms with E-state index in [2.05, 4.69) is 21.0 Å². The minimum Gasteiger partial charge on any atom is -0.382 e. The molecule has 1 aromatic heterocycles. The van der Waals surface area contributed by atoms with Crippen molar-refractivity contribution in [1.29, 1.82) is 5.26 Å². The molecule has 1 heterocycles. The van der Waals surface area contributed by atoms with Gasteiger partial charge >= 0.3 is 0 Å². The van der Waals surface area contributed by atoms with Crippen molar-refractivity contribution in [3.63, 3.8) is 0 Å². The Morgan fingerprint density at radius 3 is 3.00 bits per heavy atom. The van der Waals surface area contributed by atoms with Crippen LogP contribution in [0, 0.1) is 17.2 Å². The van der Waals surface area contributed by atoms with Gasteiger partial charge in [-0.1, -0.05) is 28.1 Å². The molecular formula is C14H11BrN4O. The van der Waals surface area contributed by atoms with Crippen molar-refractivity contribution in [3.8, 4) is 6.07 Å². The molecule has 0 radical (unpaired) electrons. The first kappa shape index (κ1) is 12.9. The number of rotatable bonds is 2. The summed E-state index contributed by atoms with van der Waals surface area (Å²) in [5, 5.41) is 12.7. The first-order valence-electron chi connectivity index (χ1n) is 6.15. The molecule has 3 rings (SSSR count). The van der Waals surface area contributed by atoms with Crippen LogP contribution in [-0.2, 0) is 0 Å². The molecule has 2 aromatic rings. The van der Waals surface area contributed by atoms with Crippen molar-refractivity contribution in [2.75, 3.05) is 5.73 Å². The Bertz CT molecular complexity index is 731. The van der Waals surface area contributed by atoms with Gasteiger partial charge in [0.25, 0.3) is 5.91 Å². The van der Waals surface area contributed by atoms with Crippen LogP contribution in [0.25, 0.3) is 0 Å². The number of nitrogens with two attached hydrogens (primary N) is 1. The summed E-state index contributed by atoms with van der Waals surface area (Å²) >= 11 is 3.43. The van der Waals surface area contributed by atoms with E-state index in [1.165, 1.54) is 6.20 Å². The lowest BCUT2D eigenvalue weighted by atomic mass is 10.1. The third kappa shape index (κ3) is 2.10. The standard InChI is InChI=1S/C14H11BrN4O/c15-10-3-1-2-8(4-10)11-5-12(11)14(20)19-13(17)9(6-16)7-18-19/h1-4,7,11-12H,5,17H2. The van der Waals surface area contributed by atoms with Gasteiger partial charge in [-0.05, 0) is 30.0 Å². The smallest absolute Gasteiger partial charge is 0.252 e. The van der Waals surface area contributed by atoms with Gasteiger partial charge in [0.05, 0.1) is 6.20 Å². The highest BCUT2D eigenvalue weighted by atomic mass is 79.9. The zero-order valence-electron chi connectivity index (χ0n) is 10.5. The second-order valence-corrected chi connectivity index (χ2v) is 5.72. The number of hydrogen-bond donors (Lipinski definition) is 1. The second-order valence-electron chi connectivity index (χ2n) is 4.81. The molecule has 0 saturated heterocycles. The molecule has 0 bridgehead atoms. The Hall–Kier alpha value is -2.13. The number of aromatic nitrogens is 2. The van der Waals surface area contributed by atoms with Crippen LogP contribution in [0.4, 0.5) is 5.82 Å². The van der Waals surface area contributed by atoms with Crippen molar-refractivity contribution in [1.82, 2.24) is 9.78 Å². The van der Waals surface area contributed by atoms with Gasteiger partial charge in [-0.2, -0.15) is 15.0 Å². The van der Waals surface area contributed by atoms with E-state index >= 15 is 0 Å². The molecule has 20 heavy (non-hydrogen) atoms. The summed E-state index contributed by atoms with van der Waals surface area (Å²) < 4.78 is 2.14. The van der Waals surface area contributed by atoms with Crippen LogP contribution < -0.4 is 5.73 Å². The summed E-state index contributed by atoms with van der Waals surface area (Å²) in [7, 11) is 0. The molecule has 0 aliphatic heterocycles. The minimum absolute atomic E-state index is 0.113. The van der Waals surface area contributed by atoms with E-state index in [4.69, 9.17) is 11.0 Å². The number of carbonyl (C=O) groups is 1. The zero-order valence-corrected chi connectivity index (χ0v) is 12.0. The monoisotopic (exact) mass is 330 g/mol. The van der Waals surface area contributed by atoms with Gasteiger partial charge in [0.2, 0.25) is 0 Å². The van der Waals surface area contributed by atoms with Crippen LogP contribution in [0.1, 0.15) is 28.3 Å². The lowest BCUT2D eigenvalue weighted by Crippen LogP contribution is -2.17. The molecule has 6 heteroatoms. The minimum atomic E-state index is -0.144. The molecule has 2 unspecified atom stereocenters. The van der Waals surface area contributed by atoms with Crippen molar-refractivity contribution in [2.45, 2.75) is 12.3 Å². The Balaban J connectivity index is 1.81. The molecule has 0 amide bonds. The van der Waals surface area contributed by atoms with Crippen molar-refractivity contribution >= 4 is 27.7 Å². The van der Waals surface area contributed by atoms with Gasteiger partial charge in [-0.3, -0.25) is 4.79 Å². The first-order valence-corrected chi connectivity index (χ1v) is 6.94. The predicted octanol–water partition coefficient (Wildman–Crippen LogP) is 2.54. The number of nitriles is 1. The predicted molar refractivity (Wildman–Crippen MR) is 77.0 cm³/mol. The normalized spacial score (nSPS) is 20.4. The van der Waals surface area contributed by atoms with E-state index in [1.54, 1.807) is 0 Å². The third-order valence-electron chi connectivity index (χ3n) is 3.52. The van der Waals surface area contributed by atoms with E-state index in [-0.39, 0.29) is 29.1 Å². The summed E-state index contributed by atoms with van der Waals surface area (Å²) in [4.78, 5) is 12.3. The maximum absolute atomic E-state index is 12.3. The van der Waals surface area contributed by atoms with Gasteiger partial charge in [-0.25, -0.2) is 0 Å². The summed E-state index contributed by atoms with van der Waals surface area (Å²) in [5.41, 5.74) is 7.10. The number of carbonyl (C=O) groups excluding carboxylic acids is 1. The Morgan fingerprint density at radius 1 is 1.55 bits per heavy atom. The molecule has 2 N–H and O–H groups in total. The molecular weight excluding hydrogens is 320 g/mol. The average Bonchev–Trinajstić information content (AvgIpc) is 3.15. The fourth-order valence-corrected chi connectivity index (χ4v) is 2.77. The number of benzene rings is 1. The molecule has 2 atom stereocenters. The maximum atomic E-state index is 12.3. The van der Waals surface area contributed by atoms with Crippen molar-refractivity contribution in [3.05, 3.63) is 46.1 Å². The summed E-state index contributed by atoms with van der Waals surface area (Å²) in [5.74, 6) is 0.0681. The molecule has 1 fully saturated rings. The topological polar surface area (TPSA) is 84.7 Å². The molecule has 0 spiro atoms. The maximum Gasteiger partial charge on any atom is 0.252 e. The van der Waals surface area contributed by atoms with E-state index < -0.39 is 0 Å². The number of nitrogens with zero attached hydrogens (tertiary/aromatic N) is 3. The van der Waals surface area contributed by atoms with E-state index in [9.17, 15) is 4.79 Å². The van der Waals surface area contributed by atoms with E-state index in [0.717, 1.165) is 21.1 Å². The highest BCUT2D eigenvalue weighted by Crippen LogP contribution is 2.48. The third-order valence-corrected chi connectivity index (χ3v) is 4.01. The molecule has 1 aromatic carbocycles. The quantitative estimate of drug-likeness (QED) is 0.916. The van der Waals surface area contributed by atoms with E-state index in [0.29, 0.717) is 0 Å². The van der Waals surface area contributed by atoms with Crippen LogP contribution in [0.5, 0.6) is 0 Å². The zero-order chi connectivity index (χ0) is 14.3. The first-order chi connectivity index (χ1) is 9.61. The van der Waals surface area contributed by atoms with Crippen molar-refractivity contribution in [2.24, 2.45) is 5.92 Å². The molecule has 100 valence electrons. The highest BCUT2D eigenvalue weighted by molar-refractivity contribution is 9.10. The van der Waals surface area contributed by atoms with Crippen LogP contribution in [0.2, 0.25) is 0 Å². The van der Waals surface area contributed by atoms with Crippen LogP contribution >= 0.6 is 15.9 Å². The number of halogens is 1.